The summed E-state index contributed by atoms with van der Waals surface area (Å²) in [6, 6.07) is 31.4. The Hall–Kier alpha value is -3.74. The van der Waals surface area contributed by atoms with Crippen LogP contribution in [0.3, 0.4) is 0 Å². The molecule has 4 aromatic rings. The Balaban J connectivity index is 1.44. The second-order valence-electron chi connectivity index (χ2n) is 8.74. The molecule has 1 fully saturated rings. The summed E-state index contributed by atoms with van der Waals surface area (Å²) in [6.45, 7) is 0.425. The predicted octanol–water partition coefficient (Wildman–Crippen LogP) is 5.72. The second kappa shape index (κ2) is 10.9. The molecule has 1 aliphatic heterocycles. The van der Waals surface area contributed by atoms with Gasteiger partial charge in [0.15, 0.2) is 0 Å². The highest BCUT2D eigenvalue weighted by atomic mass is 16.6. The highest BCUT2D eigenvalue weighted by molar-refractivity contribution is 5.47. The number of benzene rings is 3. The highest BCUT2D eigenvalue weighted by Gasteiger charge is 2.39. The van der Waals surface area contributed by atoms with E-state index in [1.54, 1.807) is 13.3 Å². The molecule has 0 aliphatic carbocycles. The lowest BCUT2D eigenvalue weighted by Gasteiger charge is -2.36. The molecule has 1 saturated heterocycles. The van der Waals surface area contributed by atoms with Gasteiger partial charge in [0, 0.05) is 6.20 Å². The number of methoxy groups -OCH3 is 2. The summed E-state index contributed by atoms with van der Waals surface area (Å²) in [5, 5.41) is 0. The first-order valence-electron chi connectivity index (χ1n) is 12.2. The zero-order valence-corrected chi connectivity index (χ0v) is 20.5. The van der Waals surface area contributed by atoms with Crippen molar-refractivity contribution < 1.29 is 18.9 Å². The molecule has 0 radical (unpaired) electrons. The fraction of sp³-hybridized carbons (Fsp3) is 0.267. The van der Waals surface area contributed by atoms with Crippen LogP contribution in [0.2, 0.25) is 0 Å². The standard InChI is InChI=1S/C30H30N2O4/c1-33-28-26(20-31-29(32-28)34-2)27-19-18-25(36-27)21-35-30(22-12-6-3-7-13-22,23-14-8-4-9-15-23)24-16-10-5-11-17-24/h3-17,20,25,27H,18-19,21H2,1-2H3/t25-,27+/m0/s1. The third-order valence-electron chi connectivity index (χ3n) is 6.62. The van der Waals surface area contributed by atoms with Gasteiger partial charge in [-0.05, 0) is 29.5 Å². The van der Waals surface area contributed by atoms with Gasteiger partial charge in [-0.25, -0.2) is 4.98 Å². The van der Waals surface area contributed by atoms with Crippen molar-refractivity contribution in [2.45, 2.75) is 30.7 Å². The zero-order chi connectivity index (χ0) is 24.8. The van der Waals surface area contributed by atoms with E-state index >= 15 is 0 Å². The van der Waals surface area contributed by atoms with Crippen molar-refractivity contribution in [2.24, 2.45) is 0 Å². The van der Waals surface area contributed by atoms with E-state index in [-0.39, 0.29) is 18.2 Å². The molecule has 6 heteroatoms. The lowest BCUT2D eigenvalue weighted by Crippen LogP contribution is -2.35. The fourth-order valence-corrected chi connectivity index (χ4v) is 4.89. The first kappa shape index (κ1) is 24.0. The van der Waals surface area contributed by atoms with Gasteiger partial charge in [-0.3, -0.25) is 0 Å². The van der Waals surface area contributed by atoms with Gasteiger partial charge in [-0.1, -0.05) is 91.0 Å². The molecule has 1 aromatic heterocycles. The van der Waals surface area contributed by atoms with Crippen molar-refractivity contribution in [1.29, 1.82) is 0 Å². The summed E-state index contributed by atoms with van der Waals surface area (Å²) in [5.41, 5.74) is 3.26. The van der Waals surface area contributed by atoms with Gasteiger partial charge in [0.1, 0.15) is 5.60 Å². The van der Waals surface area contributed by atoms with Gasteiger partial charge in [-0.2, -0.15) is 4.98 Å². The van der Waals surface area contributed by atoms with Crippen LogP contribution in [0.1, 0.15) is 41.2 Å². The van der Waals surface area contributed by atoms with Crippen LogP contribution < -0.4 is 9.47 Å². The van der Waals surface area contributed by atoms with Crippen molar-refractivity contribution in [3.05, 3.63) is 119 Å². The summed E-state index contributed by atoms with van der Waals surface area (Å²) in [7, 11) is 3.13. The van der Waals surface area contributed by atoms with Crippen LogP contribution in [0.15, 0.2) is 97.2 Å². The number of aromatic nitrogens is 2. The largest absolute Gasteiger partial charge is 0.481 e. The van der Waals surface area contributed by atoms with Gasteiger partial charge < -0.3 is 18.9 Å². The molecule has 2 heterocycles. The van der Waals surface area contributed by atoms with Crippen molar-refractivity contribution in [1.82, 2.24) is 9.97 Å². The highest BCUT2D eigenvalue weighted by Crippen LogP contribution is 2.42. The van der Waals surface area contributed by atoms with Crippen LogP contribution in [0.5, 0.6) is 11.9 Å². The Kier molecular flexibility index (Phi) is 7.26. The summed E-state index contributed by atoms with van der Waals surface area (Å²) < 4.78 is 24.0. The van der Waals surface area contributed by atoms with Crippen LogP contribution >= 0.6 is 0 Å². The molecule has 0 unspecified atom stereocenters. The van der Waals surface area contributed by atoms with E-state index in [4.69, 9.17) is 18.9 Å². The van der Waals surface area contributed by atoms with E-state index < -0.39 is 5.60 Å². The summed E-state index contributed by atoms with van der Waals surface area (Å²) in [4.78, 5) is 8.57. The predicted molar refractivity (Wildman–Crippen MR) is 137 cm³/mol. The molecule has 5 rings (SSSR count). The lowest BCUT2D eigenvalue weighted by atomic mass is 9.80. The van der Waals surface area contributed by atoms with E-state index in [9.17, 15) is 0 Å². The lowest BCUT2D eigenvalue weighted by molar-refractivity contribution is -0.0626. The number of hydrogen-bond acceptors (Lipinski definition) is 6. The number of rotatable bonds is 9. The van der Waals surface area contributed by atoms with Gasteiger partial charge >= 0.3 is 6.01 Å². The summed E-state index contributed by atoms with van der Waals surface area (Å²) in [5.74, 6) is 0.473. The second-order valence-corrected chi connectivity index (χ2v) is 8.74. The zero-order valence-electron chi connectivity index (χ0n) is 20.5. The molecule has 2 atom stereocenters. The molecule has 0 amide bonds. The average Bonchev–Trinajstić information content (AvgIpc) is 3.43. The number of hydrogen-bond donors (Lipinski definition) is 0. The molecule has 3 aromatic carbocycles. The van der Waals surface area contributed by atoms with Crippen molar-refractivity contribution >= 4 is 0 Å². The third-order valence-corrected chi connectivity index (χ3v) is 6.62. The molecule has 184 valence electrons. The summed E-state index contributed by atoms with van der Waals surface area (Å²) >= 11 is 0. The molecule has 36 heavy (non-hydrogen) atoms. The first-order valence-corrected chi connectivity index (χ1v) is 12.2. The van der Waals surface area contributed by atoms with E-state index in [1.165, 1.54) is 7.11 Å². The van der Waals surface area contributed by atoms with Gasteiger partial charge in [0.2, 0.25) is 5.88 Å². The van der Waals surface area contributed by atoms with Crippen molar-refractivity contribution in [3.63, 3.8) is 0 Å². The van der Waals surface area contributed by atoms with E-state index in [0.29, 0.717) is 12.5 Å². The monoisotopic (exact) mass is 482 g/mol. The van der Waals surface area contributed by atoms with E-state index in [2.05, 4.69) is 82.8 Å². The van der Waals surface area contributed by atoms with Crippen LogP contribution in [-0.2, 0) is 15.1 Å². The Bertz CT molecular complexity index is 1160. The summed E-state index contributed by atoms with van der Waals surface area (Å²) in [6.07, 6.45) is 3.15. The molecule has 0 spiro atoms. The van der Waals surface area contributed by atoms with Gasteiger partial charge in [-0.15, -0.1) is 0 Å². The van der Waals surface area contributed by atoms with Crippen LogP contribution in [0.25, 0.3) is 0 Å². The molecule has 0 saturated carbocycles. The molecule has 6 nitrogen and oxygen atoms in total. The van der Waals surface area contributed by atoms with Crippen molar-refractivity contribution in [2.75, 3.05) is 20.8 Å². The SMILES string of the molecule is COc1ncc([C@H]2CC[C@@H](COC(c3ccccc3)(c3ccccc3)c3ccccc3)O2)c(OC)n1. The van der Waals surface area contributed by atoms with Crippen LogP contribution in [-0.4, -0.2) is 36.9 Å². The molecule has 0 bridgehead atoms. The Morgan fingerprint density at radius 3 is 1.83 bits per heavy atom. The molecule has 1 aliphatic rings. The molecular formula is C30H30N2O4. The van der Waals surface area contributed by atoms with Crippen LogP contribution in [0, 0.1) is 0 Å². The Morgan fingerprint density at radius 2 is 1.33 bits per heavy atom. The van der Waals surface area contributed by atoms with Gasteiger partial charge in [0.05, 0.1) is 38.6 Å². The molecule has 0 N–H and O–H groups in total. The van der Waals surface area contributed by atoms with Crippen LogP contribution in [0.4, 0.5) is 0 Å². The number of ether oxygens (including phenoxy) is 4. The minimum absolute atomic E-state index is 0.0858. The maximum Gasteiger partial charge on any atom is 0.319 e. The first-order chi connectivity index (χ1) is 17.7. The normalized spacial score (nSPS) is 17.6. The quantitative estimate of drug-likeness (QED) is 0.284. The Labute approximate surface area is 211 Å². The average molecular weight is 483 g/mol. The molecular weight excluding hydrogens is 452 g/mol. The van der Waals surface area contributed by atoms with E-state index in [1.807, 2.05) is 18.2 Å². The minimum Gasteiger partial charge on any atom is -0.481 e. The maximum atomic E-state index is 6.94. The van der Waals surface area contributed by atoms with Crippen molar-refractivity contribution in [3.8, 4) is 11.9 Å². The number of nitrogens with zero attached hydrogens (tertiary/aromatic N) is 2. The topological polar surface area (TPSA) is 62.7 Å². The maximum absolute atomic E-state index is 6.94. The smallest absolute Gasteiger partial charge is 0.319 e. The fourth-order valence-electron chi connectivity index (χ4n) is 4.89. The van der Waals surface area contributed by atoms with E-state index in [0.717, 1.165) is 35.1 Å². The Morgan fingerprint density at radius 1 is 0.778 bits per heavy atom. The van der Waals surface area contributed by atoms with Gasteiger partial charge in [0.25, 0.3) is 0 Å². The third kappa shape index (κ3) is 4.70. The minimum atomic E-state index is -0.772.